The van der Waals surface area contributed by atoms with E-state index in [0.29, 0.717) is 17.6 Å². The first-order valence-corrected chi connectivity index (χ1v) is 26.2. The Kier molecular flexibility index (Phi) is 42.4. The van der Waals surface area contributed by atoms with E-state index in [1.807, 2.05) is 21.1 Å². The van der Waals surface area contributed by atoms with Crippen LogP contribution in [0.3, 0.4) is 0 Å². The van der Waals surface area contributed by atoms with Crippen molar-refractivity contribution in [2.24, 2.45) is 0 Å². The fraction of sp³-hybridized carbons (Fsp3) is 0.860. The molecule has 0 bridgehead atoms. The van der Waals surface area contributed by atoms with Gasteiger partial charge in [-0.15, -0.1) is 0 Å². The molecule has 0 radical (unpaired) electrons. The van der Waals surface area contributed by atoms with Crippen LogP contribution < -0.4 is 4.89 Å². The summed E-state index contributed by atoms with van der Waals surface area (Å²) in [6, 6.07) is 0. The molecule has 0 aliphatic heterocycles. The average molecular weight is 854 g/mol. The zero-order valence-electron chi connectivity index (χ0n) is 39.5. The summed E-state index contributed by atoms with van der Waals surface area (Å²) in [7, 11) is 1.34. The van der Waals surface area contributed by atoms with Crippen LogP contribution in [-0.4, -0.2) is 70.7 Å². The van der Waals surface area contributed by atoms with E-state index in [2.05, 4.69) is 50.3 Å². The molecule has 2 atom stereocenters. The molecule has 0 aliphatic carbocycles. The molecular formula is C50H96NO7P. The van der Waals surface area contributed by atoms with Gasteiger partial charge < -0.3 is 27.9 Å². The molecular weight excluding hydrogens is 758 g/mol. The van der Waals surface area contributed by atoms with E-state index in [9.17, 15) is 14.3 Å². The zero-order chi connectivity index (χ0) is 43.4. The van der Waals surface area contributed by atoms with Crippen molar-refractivity contribution in [3.8, 4) is 0 Å². The number of unbranched alkanes of at least 4 members (excludes halogenated alkanes) is 26. The minimum absolute atomic E-state index is 0.0212. The van der Waals surface area contributed by atoms with Crippen LogP contribution in [0.15, 0.2) is 36.5 Å². The molecule has 0 aromatic heterocycles. The number of phosphoric acid groups is 1. The molecule has 0 saturated carbocycles. The van der Waals surface area contributed by atoms with Crippen LogP contribution in [0, 0.1) is 0 Å². The first-order chi connectivity index (χ1) is 28.6. The maximum absolute atomic E-state index is 12.7. The van der Waals surface area contributed by atoms with Crippen LogP contribution in [0.1, 0.15) is 219 Å². The number of hydrogen-bond donors (Lipinski definition) is 0. The number of quaternary nitrogens is 1. The molecule has 0 aromatic carbocycles. The second kappa shape index (κ2) is 43.4. The minimum Gasteiger partial charge on any atom is -0.756 e. The van der Waals surface area contributed by atoms with Crippen LogP contribution in [0.4, 0.5) is 0 Å². The molecule has 0 rings (SSSR count). The van der Waals surface area contributed by atoms with Crippen molar-refractivity contribution in [3.63, 3.8) is 0 Å². The average Bonchev–Trinajstić information content (AvgIpc) is 3.19. The lowest BCUT2D eigenvalue weighted by Crippen LogP contribution is -2.37. The third-order valence-corrected chi connectivity index (χ3v) is 11.7. The van der Waals surface area contributed by atoms with Crippen molar-refractivity contribution < 1.29 is 37.3 Å². The Morgan fingerprint density at radius 2 is 0.983 bits per heavy atom. The van der Waals surface area contributed by atoms with Crippen LogP contribution >= 0.6 is 7.82 Å². The second-order valence-corrected chi connectivity index (χ2v) is 19.2. The van der Waals surface area contributed by atoms with Crippen molar-refractivity contribution in [1.29, 1.82) is 0 Å². The largest absolute Gasteiger partial charge is 0.756 e. The zero-order valence-corrected chi connectivity index (χ0v) is 40.4. The number of allylic oxidation sites excluding steroid dienone is 6. The number of likely N-dealkylation sites (N-methyl/N-ethyl adjacent to an activating group) is 1. The smallest absolute Gasteiger partial charge is 0.306 e. The third kappa shape index (κ3) is 47.6. The molecule has 348 valence electrons. The summed E-state index contributed by atoms with van der Waals surface area (Å²) >= 11 is 0. The van der Waals surface area contributed by atoms with Crippen molar-refractivity contribution in [2.45, 2.75) is 225 Å². The van der Waals surface area contributed by atoms with Gasteiger partial charge in [0, 0.05) is 13.0 Å². The molecule has 9 heteroatoms. The second-order valence-electron chi connectivity index (χ2n) is 17.8. The summed E-state index contributed by atoms with van der Waals surface area (Å²) in [5, 5.41) is 0. The van der Waals surface area contributed by atoms with E-state index in [1.54, 1.807) is 0 Å². The minimum atomic E-state index is -4.53. The van der Waals surface area contributed by atoms with E-state index < -0.39 is 13.9 Å². The van der Waals surface area contributed by atoms with E-state index in [-0.39, 0.29) is 32.2 Å². The lowest BCUT2D eigenvalue weighted by Gasteiger charge is -2.28. The van der Waals surface area contributed by atoms with Crippen LogP contribution in [0.25, 0.3) is 0 Å². The fourth-order valence-electron chi connectivity index (χ4n) is 6.92. The number of rotatable bonds is 46. The third-order valence-electron chi connectivity index (χ3n) is 10.7. The lowest BCUT2D eigenvalue weighted by molar-refractivity contribution is -0.870. The number of hydrogen-bond acceptors (Lipinski definition) is 7. The van der Waals surface area contributed by atoms with E-state index in [0.717, 1.165) is 57.8 Å². The molecule has 0 spiro atoms. The van der Waals surface area contributed by atoms with Crippen LogP contribution in [0.2, 0.25) is 0 Å². The Labute approximate surface area is 365 Å². The van der Waals surface area contributed by atoms with Gasteiger partial charge in [0.05, 0.1) is 34.4 Å². The first-order valence-electron chi connectivity index (χ1n) is 24.7. The van der Waals surface area contributed by atoms with Crippen LogP contribution in [0.5, 0.6) is 0 Å². The maximum atomic E-state index is 12.7. The SMILES string of the molecule is CC/C=C\C/C=C\C/C=C\CCCCCC(=O)OC(COCCCCCCCCCCCCCCCCCCCCCCCCCC)COP(=O)([O-])OCC[N+](C)(C)C. The standard InChI is InChI=1S/C50H96NO7P/c1-6-8-10-12-14-16-18-20-21-22-23-24-25-26-27-28-29-30-32-34-36-38-40-42-45-55-47-49(48-57-59(53,54)56-46-44-51(3,4)5)58-50(52)43-41-39-37-35-33-31-19-17-15-13-11-9-7-2/h9,11,15,17,31,33,49H,6-8,10,12-14,16,18-30,32,34-48H2,1-5H3/b11-9-,17-15-,33-31-. The quantitative estimate of drug-likeness (QED) is 0.0198. The Hall–Kier alpha value is -1.28. The van der Waals surface area contributed by atoms with Crippen molar-refractivity contribution in [1.82, 2.24) is 0 Å². The van der Waals surface area contributed by atoms with Crippen molar-refractivity contribution in [2.75, 3.05) is 54.1 Å². The van der Waals surface area contributed by atoms with Gasteiger partial charge >= 0.3 is 5.97 Å². The van der Waals surface area contributed by atoms with Gasteiger partial charge in [-0.25, -0.2) is 0 Å². The van der Waals surface area contributed by atoms with E-state index in [4.69, 9.17) is 18.5 Å². The van der Waals surface area contributed by atoms with Crippen LogP contribution in [-0.2, 0) is 27.9 Å². The molecule has 0 amide bonds. The monoisotopic (exact) mass is 854 g/mol. The molecule has 8 nitrogen and oxygen atoms in total. The highest BCUT2D eigenvalue weighted by Gasteiger charge is 2.20. The molecule has 0 aromatic rings. The number of ether oxygens (including phenoxy) is 2. The van der Waals surface area contributed by atoms with Gasteiger partial charge in [-0.05, 0) is 44.9 Å². The van der Waals surface area contributed by atoms with Gasteiger partial charge in [0.1, 0.15) is 19.3 Å². The molecule has 0 saturated heterocycles. The number of phosphoric ester groups is 1. The highest BCUT2D eigenvalue weighted by molar-refractivity contribution is 7.45. The topological polar surface area (TPSA) is 94.1 Å². The molecule has 0 fully saturated rings. The first kappa shape index (κ1) is 57.7. The number of carbonyl (C=O) groups is 1. The van der Waals surface area contributed by atoms with Gasteiger partial charge in [-0.2, -0.15) is 0 Å². The normalized spacial score (nSPS) is 13.9. The Bertz CT molecular complexity index is 1040. The van der Waals surface area contributed by atoms with Gasteiger partial charge in [0.15, 0.2) is 0 Å². The predicted molar refractivity (Wildman–Crippen MR) is 250 cm³/mol. The van der Waals surface area contributed by atoms with E-state index >= 15 is 0 Å². The predicted octanol–water partition coefficient (Wildman–Crippen LogP) is 14.3. The molecule has 0 aliphatic rings. The Morgan fingerprint density at radius 1 is 0.542 bits per heavy atom. The summed E-state index contributed by atoms with van der Waals surface area (Å²) in [4.78, 5) is 25.1. The van der Waals surface area contributed by atoms with Crippen molar-refractivity contribution >= 4 is 13.8 Å². The molecule has 0 N–H and O–H groups in total. The number of nitrogens with zero attached hydrogens (tertiary/aromatic N) is 1. The maximum Gasteiger partial charge on any atom is 0.306 e. The lowest BCUT2D eigenvalue weighted by atomic mass is 10.0. The Balaban J connectivity index is 4.07. The fourth-order valence-corrected chi connectivity index (χ4v) is 7.64. The summed E-state index contributed by atoms with van der Waals surface area (Å²) in [6.07, 6.45) is 51.8. The molecule has 59 heavy (non-hydrogen) atoms. The van der Waals surface area contributed by atoms with Gasteiger partial charge in [0.25, 0.3) is 7.82 Å². The van der Waals surface area contributed by atoms with Crippen molar-refractivity contribution in [3.05, 3.63) is 36.5 Å². The summed E-state index contributed by atoms with van der Waals surface area (Å²) in [5.74, 6) is -0.360. The number of carbonyl (C=O) groups excluding carboxylic acids is 1. The summed E-state index contributed by atoms with van der Waals surface area (Å²) in [6.45, 7) is 5.29. The summed E-state index contributed by atoms with van der Waals surface area (Å²) < 4.78 is 34.6. The highest BCUT2D eigenvalue weighted by atomic mass is 31.2. The molecule has 2 unspecified atom stereocenters. The van der Waals surface area contributed by atoms with E-state index in [1.165, 1.54) is 141 Å². The van der Waals surface area contributed by atoms with Gasteiger partial charge in [-0.3, -0.25) is 9.36 Å². The van der Waals surface area contributed by atoms with Gasteiger partial charge in [-0.1, -0.05) is 204 Å². The molecule has 0 heterocycles. The van der Waals surface area contributed by atoms with Gasteiger partial charge in [0.2, 0.25) is 0 Å². The Morgan fingerprint density at radius 3 is 1.46 bits per heavy atom. The highest BCUT2D eigenvalue weighted by Crippen LogP contribution is 2.38. The number of esters is 1. The summed E-state index contributed by atoms with van der Waals surface area (Å²) in [5.41, 5.74) is 0.